The maximum atomic E-state index is 12.2. The van der Waals surface area contributed by atoms with E-state index in [0.717, 1.165) is 0 Å². The minimum absolute atomic E-state index is 0.763. The van der Waals surface area contributed by atoms with E-state index in [4.69, 9.17) is 14.2 Å². The molecule has 1 saturated heterocycles. The van der Waals surface area contributed by atoms with Crippen molar-refractivity contribution in [3.63, 3.8) is 0 Å². The van der Waals surface area contributed by atoms with Crippen LogP contribution in [-0.2, 0) is 23.8 Å². The van der Waals surface area contributed by atoms with Crippen LogP contribution in [0.3, 0.4) is 0 Å². The first-order chi connectivity index (χ1) is 8.79. The molecule has 0 aromatic carbocycles. The lowest BCUT2D eigenvalue weighted by Crippen LogP contribution is -2.46. The summed E-state index contributed by atoms with van der Waals surface area (Å²) >= 11 is 0. The molecule has 0 spiro atoms. The SMILES string of the molecule is C[C@@H](O)[C@@H]1OC1(C(=O)OC(C)(C)C)C(=O)OC(C)(C)C. The molecule has 1 aliphatic heterocycles. The number of hydrogen-bond donors (Lipinski definition) is 1. The first-order valence-electron chi connectivity index (χ1n) is 6.62. The third-order valence-electron chi connectivity index (χ3n) is 2.50. The molecule has 0 unspecified atom stereocenters. The second-order valence-corrected chi connectivity index (χ2v) is 7.02. The van der Waals surface area contributed by atoms with E-state index in [1.165, 1.54) is 6.92 Å². The molecule has 20 heavy (non-hydrogen) atoms. The van der Waals surface area contributed by atoms with E-state index in [0.29, 0.717) is 0 Å². The Labute approximate surface area is 119 Å². The van der Waals surface area contributed by atoms with Gasteiger partial charge in [-0.3, -0.25) is 0 Å². The molecule has 0 amide bonds. The fraction of sp³-hybridized carbons (Fsp3) is 0.857. The number of aliphatic hydroxyl groups excluding tert-OH is 1. The van der Waals surface area contributed by atoms with Crippen LogP contribution in [0.1, 0.15) is 48.5 Å². The summed E-state index contributed by atoms with van der Waals surface area (Å²) in [6.07, 6.45) is -1.91. The zero-order valence-corrected chi connectivity index (χ0v) is 13.1. The molecule has 0 aromatic rings. The van der Waals surface area contributed by atoms with E-state index < -0.39 is 40.9 Å². The summed E-state index contributed by atoms with van der Waals surface area (Å²) in [7, 11) is 0. The topological polar surface area (TPSA) is 85.4 Å². The zero-order valence-electron chi connectivity index (χ0n) is 13.1. The molecule has 0 saturated carbocycles. The van der Waals surface area contributed by atoms with E-state index in [1.54, 1.807) is 41.5 Å². The number of ether oxygens (including phenoxy) is 3. The Kier molecular flexibility index (Phi) is 4.23. The van der Waals surface area contributed by atoms with Crippen molar-refractivity contribution in [1.82, 2.24) is 0 Å². The molecular formula is C14H24O6. The largest absolute Gasteiger partial charge is 0.457 e. The van der Waals surface area contributed by atoms with E-state index in [2.05, 4.69) is 0 Å². The van der Waals surface area contributed by atoms with Gasteiger partial charge in [-0.2, -0.15) is 0 Å². The van der Waals surface area contributed by atoms with E-state index in [1.807, 2.05) is 0 Å². The second kappa shape index (κ2) is 5.00. The van der Waals surface area contributed by atoms with Crippen LogP contribution in [0.15, 0.2) is 0 Å². The van der Waals surface area contributed by atoms with Gasteiger partial charge in [0.15, 0.2) is 0 Å². The van der Waals surface area contributed by atoms with Gasteiger partial charge in [-0.05, 0) is 48.5 Å². The molecule has 6 heteroatoms. The van der Waals surface area contributed by atoms with Gasteiger partial charge in [0.25, 0.3) is 5.60 Å². The van der Waals surface area contributed by atoms with Crippen LogP contribution in [-0.4, -0.2) is 46.1 Å². The molecule has 2 atom stereocenters. The Morgan fingerprint density at radius 1 is 1.05 bits per heavy atom. The average molecular weight is 288 g/mol. The summed E-state index contributed by atoms with van der Waals surface area (Å²) in [5, 5.41) is 9.58. The average Bonchev–Trinajstić information content (AvgIpc) is 2.87. The van der Waals surface area contributed by atoms with Crippen molar-refractivity contribution in [2.75, 3.05) is 0 Å². The van der Waals surface area contributed by atoms with E-state index in [9.17, 15) is 14.7 Å². The molecule has 0 bridgehead atoms. The van der Waals surface area contributed by atoms with Gasteiger partial charge in [-0.15, -0.1) is 0 Å². The lowest BCUT2D eigenvalue weighted by molar-refractivity contribution is -0.176. The third kappa shape index (κ3) is 3.70. The van der Waals surface area contributed by atoms with Gasteiger partial charge in [0, 0.05) is 0 Å². The summed E-state index contributed by atoms with van der Waals surface area (Å²) < 4.78 is 15.6. The molecule has 1 heterocycles. The number of aliphatic hydroxyl groups is 1. The molecular weight excluding hydrogens is 264 g/mol. The lowest BCUT2D eigenvalue weighted by Gasteiger charge is -2.25. The Balaban J connectivity index is 2.96. The van der Waals surface area contributed by atoms with Gasteiger partial charge in [-0.1, -0.05) is 0 Å². The fourth-order valence-corrected chi connectivity index (χ4v) is 1.72. The van der Waals surface area contributed by atoms with E-state index in [-0.39, 0.29) is 0 Å². The van der Waals surface area contributed by atoms with Gasteiger partial charge in [0.2, 0.25) is 0 Å². The van der Waals surface area contributed by atoms with Crippen molar-refractivity contribution in [1.29, 1.82) is 0 Å². The van der Waals surface area contributed by atoms with Crippen molar-refractivity contribution < 1.29 is 28.9 Å². The van der Waals surface area contributed by atoms with Crippen LogP contribution in [0.5, 0.6) is 0 Å². The predicted octanol–water partition coefficient (Wildman–Crippen LogP) is 1.19. The van der Waals surface area contributed by atoms with Crippen molar-refractivity contribution in [3.8, 4) is 0 Å². The number of esters is 2. The minimum Gasteiger partial charge on any atom is -0.457 e. The van der Waals surface area contributed by atoms with Crippen LogP contribution >= 0.6 is 0 Å². The Bertz CT molecular complexity index is 371. The number of epoxide rings is 1. The monoisotopic (exact) mass is 288 g/mol. The van der Waals surface area contributed by atoms with Crippen LogP contribution in [0.2, 0.25) is 0 Å². The Morgan fingerprint density at radius 3 is 1.60 bits per heavy atom. The normalized spacial score (nSPS) is 22.9. The van der Waals surface area contributed by atoms with Crippen molar-refractivity contribution in [3.05, 3.63) is 0 Å². The number of carbonyl (C=O) groups is 2. The highest BCUT2D eigenvalue weighted by Gasteiger charge is 2.73. The number of rotatable bonds is 3. The molecule has 1 rings (SSSR count). The third-order valence-corrected chi connectivity index (χ3v) is 2.50. The summed E-state index contributed by atoms with van der Waals surface area (Å²) in [6, 6.07) is 0. The molecule has 116 valence electrons. The van der Waals surface area contributed by atoms with Gasteiger partial charge in [0.1, 0.15) is 17.3 Å². The standard InChI is InChI=1S/C14H24O6/c1-8(15)9-14(18-9,10(16)19-12(2,3)4)11(17)20-13(5,6)7/h8-9,15H,1-7H3/t8-,9+/m1/s1. The van der Waals surface area contributed by atoms with Crippen LogP contribution in [0.4, 0.5) is 0 Å². The van der Waals surface area contributed by atoms with E-state index >= 15 is 0 Å². The lowest BCUT2D eigenvalue weighted by atomic mass is 10.0. The van der Waals surface area contributed by atoms with Crippen LogP contribution in [0, 0.1) is 0 Å². The molecule has 1 fully saturated rings. The van der Waals surface area contributed by atoms with Crippen molar-refractivity contribution in [2.45, 2.75) is 77.5 Å². The van der Waals surface area contributed by atoms with Crippen molar-refractivity contribution >= 4 is 11.9 Å². The molecule has 6 nitrogen and oxygen atoms in total. The molecule has 0 radical (unpaired) electrons. The highest BCUT2D eigenvalue weighted by molar-refractivity contribution is 6.07. The maximum absolute atomic E-state index is 12.2. The smallest absolute Gasteiger partial charge is 0.353 e. The molecule has 1 aliphatic rings. The zero-order chi connectivity index (χ0) is 15.9. The molecule has 0 aromatic heterocycles. The molecule has 1 N–H and O–H groups in total. The van der Waals surface area contributed by atoms with Gasteiger partial charge < -0.3 is 19.3 Å². The summed E-state index contributed by atoms with van der Waals surface area (Å²) in [5.41, 5.74) is -3.38. The summed E-state index contributed by atoms with van der Waals surface area (Å²) in [5.74, 6) is -1.66. The van der Waals surface area contributed by atoms with Crippen LogP contribution in [0.25, 0.3) is 0 Å². The summed E-state index contributed by atoms with van der Waals surface area (Å²) in [6.45, 7) is 11.6. The van der Waals surface area contributed by atoms with Crippen molar-refractivity contribution in [2.24, 2.45) is 0 Å². The fourth-order valence-electron chi connectivity index (χ4n) is 1.72. The highest BCUT2D eigenvalue weighted by atomic mass is 16.7. The first-order valence-corrected chi connectivity index (χ1v) is 6.62. The number of hydrogen-bond acceptors (Lipinski definition) is 6. The van der Waals surface area contributed by atoms with Gasteiger partial charge in [0.05, 0.1) is 6.10 Å². The van der Waals surface area contributed by atoms with Gasteiger partial charge >= 0.3 is 11.9 Å². The second-order valence-electron chi connectivity index (χ2n) is 7.02. The maximum Gasteiger partial charge on any atom is 0.353 e. The minimum atomic E-state index is -1.85. The summed E-state index contributed by atoms with van der Waals surface area (Å²) in [4.78, 5) is 24.5. The van der Waals surface area contributed by atoms with Crippen LogP contribution < -0.4 is 0 Å². The quantitative estimate of drug-likeness (QED) is 0.477. The predicted molar refractivity (Wildman–Crippen MR) is 71.0 cm³/mol. The Morgan fingerprint density at radius 2 is 1.40 bits per heavy atom. The first kappa shape index (κ1) is 16.9. The Hall–Kier alpha value is -1.14. The van der Waals surface area contributed by atoms with Gasteiger partial charge in [-0.25, -0.2) is 9.59 Å². The highest BCUT2D eigenvalue weighted by Crippen LogP contribution is 2.43. The number of carbonyl (C=O) groups excluding carboxylic acids is 2. The molecule has 0 aliphatic carbocycles.